The maximum atomic E-state index is 12.5. The van der Waals surface area contributed by atoms with E-state index in [9.17, 15) is 9.59 Å². The van der Waals surface area contributed by atoms with Crippen LogP contribution in [0.15, 0.2) is 11.2 Å². The molecule has 0 aliphatic rings. The highest BCUT2D eigenvalue weighted by Gasteiger charge is 2.20. The van der Waals surface area contributed by atoms with Crippen LogP contribution < -0.4 is 5.32 Å². The number of carbonyl (C=O) groups excluding carboxylic acids is 2. The number of thiophene rings is 1. The van der Waals surface area contributed by atoms with E-state index in [0.717, 1.165) is 34.4 Å². The minimum Gasteiger partial charge on any atom is -0.462 e. The van der Waals surface area contributed by atoms with Crippen molar-refractivity contribution in [2.75, 3.05) is 17.7 Å². The number of nitrogens with zero attached hydrogens (tertiary/aromatic N) is 2. The summed E-state index contributed by atoms with van der Waals surface area (Å²) in [6.07, 6.45) is 0.798. The Morgan fingerprint density at radius 1 is 1.32 bits per heavy atom. The van der Waals surface area contributed by atoms with Crippen molar-refractivity contribution in [3.63, 3.8) is 0 Å². The van der Waals surface area contributed by atoms with Gasteiger partial charge in [0.15, 0.2) is 5.16 Å². The number of thioether (sulfide) groups is 1. The summed E-state index contributed by atoms with van der Waals surface area (Å²) in [5, 5.41) is 4.28. The molecule has 6 nitrogen and oxygen atoms in total. The van der Waals surface area contributed by atoms with Gasteiger partial charge < -0.3 is 14.6 Å². The topological polar surface area (TPSA) is 73.2 Å². The number of rotatable bonds is 9. The Kier molecular flexibility index (Phi) is 8.12. The molecule has 1 N–H and O–H groups in total. The lowest BCUT2D eigenvalue weighted by molar-refractivity contribution is -0.113. The lowest BCUT2D eigenvalue weighted by Crippen LogP contribution is -2.16. The number of ether oxygens (including phenoxy) is 1. The van der Waals surface area contributed by atoms with Crippen molar-refractivity contribution in [2.24, 2.45) is 5.92 Å². The summed E-state index contributed by atoms with van der Waals surface area (Å²) in [6.45, 7) is 13.3. The van der Waals surface area contributed by atoms with Gasteiger partial charge in [0.05, 0.1) is 23.6 Å². The normalized spacial score (nSPS) is 11.1. The number of imidazole rings is 1. The maximum Gasteiger partial charge on any atom is 0.341 e. The second kappa shape index (κ2) is 10.1. The number of nitrogens with one attached hydrogen (secondary N) is 1. The molecule has 28 heavy (non-hydrogen) atoms. The van der Waals surface area contributed by atoms with Crippen LogP contribution in [0.4, 0.5) is 5.00 Å². The molecule has 0 radical (unpaired) electrons. The van der Waals surface area contributed by atoms with E-state index in [1.807, 2.05) is 13.8 Å². The van der Waals surface area contributed by atoms with E-state index in [2.05, 4.69) is 35.6 Å². The van der Waals surface area contributed by atoms with Crippen LogP contribution >= 0.6 is 23.1 Å². The summed E-state index contributed by atoms with van der Waals surface area (Å²) in [4.78, 5) is 30.3. The Balaban J connectivity index is 2.09. The number of aromatic nitrogens is 2. The van der Waals surface area contributed by atoms with E-state index in [0.29, 0.717) is 23.1 Å². The van der Waals surface area contributed by atoms with E-state index >= 15 is 0 Å². The van der Waals surface area contributed by atoms with Gasteiger partial charge >= 0.3 is 5.97 Å². The molecule has 0 unspecified atom stereocenters. The highest BCUT2D eigenvalue weighted by Crippen LogP contribution is 2.30. The molecule has 1 amide bonds. The number of hydrogen-bond acceptors (Lipinski definition) is 6. The second-order valence-electron chi connectivity index (χ2n) is 6.94. The summed E-state index contributed by atoms with van der Waals surface area (Å²) in [5.74, 6) is 0.163. The van der Waals surface area contributed by atoms with Gasteiger partial charge in [0, 0.05) is 17.1 Å². The second-order valence-corrected chi connectivity index (χ2v) is 9.02. The van der Waals surface area contributed by atoms with Crippen LogP contribution in [0.2, 0.25) is 0 Å². The number of anilines is 1. The Labute approximate surface area is 175 Å². The van der Waals surface area contributed by atoms with Crippen LogP contribution in [-0.4, -0.2) is 33.8 Å². The predicted molar refractivity (Wildman–Crippen MR) is 116 cm³/mol. The molecule has 0 spiro atoms. The molecular weight excluding hydrogens is 394 g/mol. The molecule has 0 aromatic carbocycles. The Morgan fingerprint density at radius 2 is 2.04 bits per heavy atom. The van der Waals surface area contributed by atoms with Gasteiger partial charge in [0.25, 0.3) is 0 Å². The van der Waals surface area contributed by atoms with Gasteiger partial charge in [-0.3, -0.25) is 4.79 Å². The van der Waals surface area contributed by atoms with E-state index in [1.165, 1.54) is 23.1 Å². The van der Waals surface area contributed by atoms with E-state index in [4.69, 9.17) is 4.74 Å². The van der Waals surface area contributed by atoms with Crippen LogP contribution in [-0.2, 0) is 22.5 Å². The van der Waals surface area contributed by atoms with Crippen molar-refractivity contribution in [2.45, 2.75) is 59.7 Å². The van der Waals surface area contributed by atoms with Gasteiger partial charge in [0.1, 0.15) is 5.00 Å². The molecule has 8 heteroatoms. The first-order valence-electron chi connectivity index (χ1n) is 9.52. The maximum absolute atomic E-state index is 12.5. The Morgan fingerprint density at radius 3 is 2.64 bits per heavy atom. The Bertz CT molecular complexity index is 840. The quantitative estimate of drug-likeness (QED) is 0.468. The fourth-order valence-electron chi connectivity index (χ4n) is 2.68. The van der Waals surface area contributed by atoms with Crippen molar-refractivity contribution in [1.29, 1.82) is 0 Å². The van der Waals surface area contributed by atoms with Crippen LogP contribution in [0.1, 0.15) is 54.3 Å². The van der Waals surface area contributed by atoms with E-state index in [-0.39, 0.29) is 11.7 Å². The van der Waals surface area contributed by atoms with Crippen LogP contribution in [0.25, 0.3) is 0 Å². The van der Waals surface area contributed by atoms with Crippen molar-refractivity contribution in [3.8, 4) is 0 Å². The zero-order valence-electron chi connectivity index (χ0n) is 17.4. The van der Waals surface area contributed by atoms with Gasteiger partial charge in [-0.25, -0.2) is 9.78 Å². The van der Waals surface area contributed by atoms with Crippen LogP contribution in [0.3, 0.4) is 0 Å². The predicted octanol–water partition coefficient (Wildman–Crippen LogP) is 4.69. The van der Waals surface area contributed by atoms with Gasteiger partial charge in [-0.15, -0.1) is 11.3 Å². The molecule has 0 aliphatic carbocycles. The fourth-order valence-corrected chi connectivity index (χ4v) is 4.58. The average Bonchev–Trinajstić information content (AvgIpc) is 3.16. The largest absolute Gasteiger partial charge is 0.462 e. The summed E-state index contributed by atoms with van der Waals surface area (Å²) < 4.78 is 7.27. The lowest BCUT2D eigenvalue weighted by Gasteiger charge is -2.12. The molecule has 2 rings (SSSR count). The number of aryl methyl sites for hydroxylation is 2. The van der Waals surface area contributed by atoms with Crippen molar-refractivity contribution in [1.82, 2.24) is 9.55 Å². The van der Waals surface area contributed by atoms with Gasteiger partial charge in [-0.2, -0.15) is 0 Å². The third-order valence-corrected chi connectivity index (χ3v) is 6.35. The Hall–Kier alpha value is -1.80. The first kappa shape index (κ1) is 22.5. The molecule has 0 aliphatic heterocycles. The van der Waals surface area contributed by atoms with Crippen molar-refractivity contribution >= 4 is 40.0 Å². The first-order chi connectivity index (χ1) is 13.3. The molecule has 0 bridgehead atoms. The van der Waals surface area contributed by atoms with Crippen molar-refractivity contribution in [3.05, 3.63) is 27.9 Å². The number of carbonyl (C=O) groups is 2. The zero-order valence-corrected chi connectivity index (χ0v) is 19.1. The molecule has 2 aromatic rings. The van der Waals surface area contributed by atoms with Crippen LogP contribution in [0.5, 0.6) is 0 Å². The number of esters is 1. The van der Waals surface area contributed by atoms with Crippen LogP contribution in [0, 0.1) is 19.8 Å². The molecule has 0 saturated carbocycles. The summed E-state index contributed by atoms with van der Waals surface area (Å²) in [6, 6.07) is 1.80. The highest BCUT2D eigenvalue weighted by atomic mass is 32.2. The highest BCUT2D eigenvalue weighted by molar-refractivity contribution is 7.99. The third kappa shape index (κ3) is 5.61. The molecule has 0 fully saturated rings. The van der Waals surface area contributed by atoms with E-state index < -0.39 is 5.97 Å². The standard InChI is InChI=1S/C20H29N3O3S2/c1-7-15-9-16(19(25)26-8-2)18(28-15)22-17(24)11-27-20-21-13(5)14(6)23(20)10-12(3)4/h9,12H,7-8,10-11H2,1-6H3,(H,22,24). The lowest BCUT2D eigenvalue weighted by atomic mass is 10.2. The van der Waals surface area contributed by atoms with Gasteiger partial charge in [-0.05, 0) is 39.2 Å². The van der Waals surface area contributed by atoms with Gasteiger partial charge in [-0.1, -0.05) is 32.5 Å². The number of hydrogen-bond donors (Lipinski definition) is 1. The van der Waals surface area contributed by atoms with Crippen molar-refractivity contribution < 1.29 is 14.3 Å². The smallest absolute Gasteiger partial charge is 0.341 e. The molecule has 2 aromatic heterocycles. The summed E-state index contributed by atoms with van der Waals surface area (Å²) >= 11 is 2.84. The minimum atomic E-state index is -0.403. The molecular formula is C20H29N3O3S2. The molecule has 0 atom stereocenters. The number of amides is 1. The average molecular weight is 424 g/mol. The summed E-state index contributed by atoms with van der Waals surface area (Å²) in [7, 11) is 0. The molecule has 0 saturated heterocycles. The van der Waals surface area contributed by atoms with E-state index in [1.54, 1.807) is 13.0 Å². The molecule has 154 valence electrons. The monoisotopic (exact) mass is 423 g/mol. The first-order valence-corrected chi connectivity index (χ1v) is 11.3. The summed E-state index contributed by atoms with van der Waals surface area (Å²) in [5.41, 5.74) is 2.54. The third-order valence-electron chi connectivity index (χ3n) is 4.18. The SMILES string of the molecule is CCOC(=O)c1cc(CC)sc1NC(=O)CSc1nc(C)c(C)n1CC(C)C. The molecule has 2 heterocycles. The zero-order chi connectivity index (χ0) is 20.8. The minimum absolute atomic E-state index is 0.158. The fraction of sp³-hybridized carbons (Fsp3) is 0.550. The van der Waals surface area contributed by atoms with Gasteiger partial charge in [0.2, 0.25) is 5.91 Å².